The van der Waals surface area contributed by atoms with Crippen LogP contribution in [-0.4, -0.2) is 74.9 Å². The molecule has 1 fully saturated rings. The van der Waals surface area contributed by atoms with E-state index >= 15 is 0 Å². The Labute approximate surface area is 193 Å². The van der Waals surface area contributed by atoms with E-state index < -0.39 is 0 Å². The number of nitrogens with one attached hydrogen (secondary N) is 2. The van der Waals surface area contributed by atoms with Crippen LogP contribution in [-0.2, 0) is 11.3 Å². The summed E-state index contributed by atoms with van der Waals surface area (Å²) >= 11 is 0. The topological polar surface area (TPSA) is 65.0 Å². The van der Waals surface area contributed by atoms with Crippen LogP contribution in [0, 0.1) is 0 Å². The summed E-state index contributed by atoms with van der Waals surface area (Å²) in [5, 5.41) is 6.96. The van der Waals surface area contributed by atoms with Gasteiger partial charge in [0.2, 0.25) is 0 Å². The van der Waals surface area contributed by atoms with Crippen molar-refractivity contribution < 1.29 is 4.74 Å². The van der Waals surface area contributed by atoms with Crippen molar-refractivity contribution in [2.24, 2.45) is 4.99 Å². The Kier molecular flexibility index (Phi) is 12.5. The molecule has 0 amide bonds. The van der Waals surface area contributed by atoms with Gasteiger partial charge in [0.25, 0.3) is 0 Å². The van der Waals surface area contributed by atoms with Gasteiger partial charge in [-0.1, -0.05) is 6.07 Å². The zero-order chi connectivity index (χ0) is 20.4. The first-order valence-electron chi connectivity index (χ1n) is 10.5. The normalized spacial score (nSPS) is 15.9. The highest BCUT2D eigenvalue weighted by Crippen LogP contribution is 2.11. The molecule has 1 aromatic rings. The number of hydrogen-bond donors (Lipinski definition) is 2. The van der Waals surface area contributed by atoms with Crippen LogP contribution in [0.5, 0.6) is 0 Å². The molecule has 0 saturated carbocycles. The van der Waals surface area contributed by atoms with E-state index in [-0.39, 0.29) is 24.0 Å². The summed E-state index contributed by atoms with van der Waals surface area (Å²) in [6.07, 6.45) is 2.56. The lowest BCUT2D eigenvalue weighted by Gasteiger charge is -2.33. The van der Waals surface area contributed by atoms with Gasteiger partial charge >= 0.3 is 0 Å². The van der Waals surface area contributed by atoms with Gasteiger partial charge in [-0.05, 0) is 45.7 Å². The minimum Gasteiger partial charge on any atom is -0.377 e. The Hall–Kier alpha value is -1.13. The molecule has 1 saturated heterocycles. The number of anilines is 1. The summed E-state index contributed by atoms with van der Waals surface area (Å²) in [6, 6.07) is 6.53. The third-order valence-corrected chi connectivity index (χ3v) is 4.78. The van der Waals surface area contributed by atoms with E-state index in [1.54, 1.807) is 0 Å². The van der Waals surface area contributed by atoms with Crippen LogP contribution >= 0.6 is 24.0 Å². The number of hydrogen-bond acceptors (Lipinski definition) is 5. The number of rotatable bonds is 9. The van der Waals surface area contributed by atoms with Gasteiger partial charge in [-0.15, -0.1) is 24.0 Å². The fraction of sp³-hybridized carbons (Fsp3) is 0.714. The van der Waals surface area contributed by atoms with E-state index in [4.69, 9.17) is 9.73 Å². The smallest absolute Gasteiger partial charge is 0.191 e. The lowest BCUT2D eigenvalue weighted by atomic mass is 10.1. The zero-order valence-electron chi connectivity index (χ0n) is 18.6. The minimum atomic E-state index is 0. The first-order chi connectivity index (χ1) is 13.5. The lowest BCUT2D eigenvalue weighted by Crippen LogP contribution is -2.49. The molecule has 1 aliphatic heterocycles. The second-order valence-electron chi connectivity index (χ2n) is 7.76. The van der Waals surface area contributed by atoms with E-state index in [2.05, 4.69) is 41.3 Å². The summed E-state index contributed by atoms with van der Waals surface area (Å²) in [5.41, 5.74) is 0.975. The molecule has 2 rings (SSSR count). The molecule has 0 aromatic carbocycles. The lowest BCUT2D eigenvalue weighted by molar-refractivity contribution is 0.0532. The van der Waals surface area contributed by atoms with Crippen molar-refractivity contribution in [3.05, 3.63) is 23.9 Å². The van der Waals surface area contributed by atoms with Crippen LogP contribution < -0.4 is 15.5 Å². The summed E-state index contributed by atoms with van der Waals surface area (Å²) in [6.45, 7) is 11.7. The summed E-state index contributed by atoms with van der Waals surface area (Å²) in [5.74, 6) is 1.83. The molecular formula is C21H39IN6O. The largest absolute Gasteiger partial charge is 0.377 e. The number of nitrogens with zero attached hydrogens (tertiary/aromatic N) is 4. The summed E-state index contributed by atoms with van der Waals surface area (Å²) < 4.78 is 5.67. The molecule has 7 nitrogen and oxygen atoms in total. The maximum atomic E-state index is 5.67. The highest BCUT2D eigenvalue weighted by Gasteiger charge is 2.19. The number of halogens is 1. The van der Waals surface area contributed by atoms with E-state index in [0.29, 0.717) is 18.7 Å². The standard InChI is InChI=1S/C21H38N6O.HI/c1-6-22-21(23-16-19-8-7-9-20(24-19)26(4)5)25-18-10-12-27(13-11-18)14-15-28-17(2)3;/h7-9,17-18H,6,10-16H2,1-5H3,(H2,22,23,25);1H. The average molecular weight is 518 g/mol. The van der Waals surface area contributed by atoms with Crippen LogP contribution in [0.1, 0.15) is 39.3 Å². The van der Waals surface area contributed by atoms with E-state index in [9.17, 15) is 0 Å². The molecule has 0 aliphatic carbocycles. The Morgan fingerprint density at radius 3 is 2.66 bits per heavy atom. The van der Waals surface area contributed by atoms with Crippen LogP contribution in [0.15, 0.2) is 23.2 Å². The maximum Gasteiger partial charge on any atom is 0.191 e. The first-order valence-corrected chi connectivity index (χ1v) is 10.5. The number of aliphatic imine (C=N–C) groups is 1. The number of pyridine rings is 1. The number of guanidine groups is 1. The highest BCUT2D eigenvalue weighted by atomic mass is 127. The van der Waals surface area contributed by atoms with Crippen molar-refractivity contribution >= 4 is 35.8 Å². The molecule has 2 N–H and O–H groups in total. The van der Waals surface area contributed by atoms with Gasteiger partial charge < -0.3 is 25.2 Å². The van der Waals surface area contributed by atoms with Crippen molar-refractivity contribution in [1.82, 2.24) is 20.5 Å². The Morgan fingerprint density at radius 2 is 2.03 bits per heavy atom. The number of piperidine rings is 1. The van der Waals surface area contributed by atoms with Crippen LogP contribution in [0.4, 0.5) is 5.82 Å². The van der Waals surface area contributed by atoms with Crippen LogP contribution in [0.3, 0.4) is 0 Å². The quantitative estimate of drug-likeness (QED) is 0.298. The van der Waals surface area contributed by atoms with Gasteiger partial charge in [0.1, 0.15) is 5.82 Å². The van der Waals surface area contributed by atoms with Crippen molar-refractivity contribution in [3.8, 4) is 0 Å². The molecule has 8 heteroatoms. The fourth-order valence-electron chi connectivity index (χ4n) is 3.20. The molecule has 29 heavy (non-hydrogen) atoms. The van der Waals surface area contributed by atoms with Gasteiger partial charge in [-0.2, -0.15) is 0 Å². The van der Waals surface area contributed by atoms with Gasteiger partial charge in [-0.3, -0.25) is 0 Å². The second-order valence-corrected chi connectivity index (χ2v) is 7.76. The average Bonchev–Trinajstić information content (AvgIpc) is 2.67. The van der Waals surface area contributed by atoms with Crippen molar-refractivity contribution in [3.63, 3.8) is 0 Å². The molecule has 1 aliphatic rings. The van der Waals surface area contributed by atoms with Gasteiger partial charge in [0.15, 0.2) is 5.96 Å². The molecule has 2 heterocycles. The number of ether oxygens (including phenoxy) is 1. The zero-order valence-corrected chi connectivity index (χ0v) is 21.0. The fourth-order valence-corrected chi connectivity index (χ4v) is 3.20. The SMILES string of the molecule is CCNC(=NCc1cccc(N(C)C)n1)NC1CCN(CCOC(C)C)CC1.I. The first kappa shape index (κ1) is 25.9. The Balaban J connectivity index is 0.00000420. The third kappa shape index (κ3) is 9.95. The molecule has 166 valence electrons. The van der Waals surface area contributed by atoms with Crippen LogP contribution in [0.2, 0.25) is 0 Å². The molecule has 0 spiro atoms. The van der Waals surface area contributed by atoms with Crippen molar-refractivity contribution in [1.29, 1.82) is 0 Å². The number of aromatic nitrogens is 1. The number of likely N-dealkylation sites (tertiary alicyclic amines) is 1. The Morgan fingerprint density at radius 1 is 1.31 bits per heavy atom. The van der Waals surface area contributed by atoms with Gasteiger partial charge in [0, 0.05) is 46.3 Å². The molecule has 0 atom stereocenters. The van der Waals surface area contributed by atoms with Gasteiger partial charge in [0.05, 0.1) is 24.9 Å². The summed E-state index contributed by atoms with van der Waals surface area (Å²) in [4.78, 5) is 13.9. The molecule has 0 bridgehead atoms. The second kappa shape index (κ2) is 14.0. The molecular weight excluding hydrogens is 479 g/mol. The third-order valence-electron chi connectivity index (χ3n) is 4.78. The molecule has 1 aromatic heterocycles. The van der Waals surface area contributed by atoms with E-state index in [1.807, 2.05) is 37.2 Å². The van der Waals surface area contributed by atoms with E-state index in [1.165, 1.54) is 0 Å². The predicted molar refractivity (Wildman–Crippen MR) is 132 cm³/mol. The maximum absolute atomic E-state index is 5.67. The Bertz CT molecular complexity index is 603. The monoisotopic (exact) mass is 518 g/mol. The minimum absolute atomic E-state index is 0. The van der Waals surface area contributed by atoms with Crippen molar-refractivity contribution in [2.45, 2.75) is 52.3 Å². The van der Waals surface area contributed by atoms with Crippen molar-refractivity contribution in [2.75, 3.05) is 51.8 Å². The van der Waals surface area contributed by atoms with Crippen LogP contribution in [0.25, 0.3) is 0 Å². The summed E-state index contributed by atoms with van der Waals surface area (Å²) in [7, 11) is 4.00. The molecule has 0 unspecified atom stereocenters. The predicted octanol–water partition coefficient (Wildman–Crippen LogP) is 2.71. The highest BCUT2D eigenvalue weighted by molar-refractivity contribution is 14.0. The van der Waals surface area contributed by atoms with E-state index in [0.717, 1.165) is 63.1 Å². The molecule has 0 radical (unpaired) electrons. The van der Waals surface area contributed by atoms with Gasteiger partial charge in [-0.25, -0.2) is 9.98 Å².